The molecule has 2 rings (SSSR count). The Bertz CT molecular complexity index is 1120. The summed E-state index contributed by atoms with van der Waals surface area (Å²) in [6.07, 6.45) is 1.35. The van der Waals surface area contributed by atoms with Crippen LogP contribution in [0.15, 0.2) is 49.0 Å². The van der Waals surface area contributed by atoms with E-state index in [9.17, 15) is 14.4 Å². The number of hydrogen-bond donors (Lipinski definition) is 2. The summed E-state index contributed by atoms with van der Waals surface area (Å²) in [5.74, 6) is -0.757. The lowest BCUT2D eigenvalue weighted by atomic mass is 9.98. The van der Waals surface area contributed by atoms with Crippen LogP contribution in [0, 0.1) is 12.8 Å². The van der Waals surface area contributed by atoms with Gasteiger partial charge in [-0.1, -0.05) is 68.4 Å². The second kappa shape index (κ2) is 12.8. The molecule has 7 nitrogen and oxygen atoms in total. The number of carbonyl (C=O) groups is 3. The van der Waals surface area contributed by atoms with Gasteiger partial charge >= 0.3 is 6.09 Å². The fourth-order valence-electron chi connectivity index (χ4n) is 3.90. The molecule has 0 radical (unpaired) electrons. The summed E-state index contributed by atoms with van der Waals surface area (Å²) in [6, 6.07) is 10.7. The number of nitrogens with zero attached hydrogens (tertiary/aromatic N) is 1. The van der Waals surface area contributed by atoms with Gasteiger partial charge in [-0.05, 0) is 68.9 Å². The van der Waals surface area contributed by atoms with Gasteiger partial charge in [-0.15, -0.1) is 0 Å². The van der Waals surface area contributed by atoms with Crippen LogP contribution in [0.5, 0.6) is 0 Å². The van der Waals surface area contributed by atoms with Crippen LogP contribution in [0.3, 0.4) is 0 Å². The Balaban J connectivity index is 2.46. The van der Waals surface area contributed by atoms with Crippen molar-refractivity contribution in [2.45, 2.75) is 65.6 Å². The van der Waals surface area contributed by atoms with E-state index >= 15 is 0 Å². The zero-order chi connectivity index (χ0) is 27.9. The van der Waals surface area contributed by atoms with Crippen LogP contribution in [0.1, 0.15) is 63.8 Å². The summed E-state index contributed by atoms with van der Waals surface area (Å²) >= 11 is 6.36. The monoisotopic (exact) mass is 527 g/mol. The lowest BCUT2D eigenvalue weighted by Gasteiger charge is -2.32. The number of carbonyl (C=O) groups excluding carboxylic acids is 3. The van der Waals surface area contributed by atoms with Crippen LogP contribution in [-0.2, 0) is 14.3 Å². The lowest BCUT2D eigenvalue weighted by Crippen LogP contribution is -2.51. The number of ether oxygens (including phenoxy) is 1. The molecule has 0 saturated heterocycles. The van der Waals surface area contributed by atoms with E-state index in [2.05, 4.69) is 17.2 Å². The molecule has 37 heavy (non-hydrogen) atoms. The number of alkyl carbamates (subject to hydrolysis) is 1. The minimum atomic E-state index is -1.00. The first-order valence-corrected chi connectivity index (χ1v) is 12.7. The Hall–Kier alpha value is -3.32. The van der Waals surface area contributed by atoms with Crippen LogP contribution in [0.25, 0.3) is 6.08 Å². The summed E-state index contributed by atoms with van der Waals surface area (Å²) in [7, 11) is 1.55. The standard InChI is InChI=1S/C29H38ClN3O4/c1-9-20-13-11-14-21(17-20)25(26(34)32-24-19(4)12-10-15-22(24)30)33(8)27(35)23(16-18(2)3)31-28(36)37-29(5,6)7/h9-15,17-18,23,25H,1,16H2,2-8H3,(H,31,36)(H,32,34). The molecule has 0 aliphatic rings. The molecule has 2 aromatic rings. The number of anilines is 1. The third kappa shape index (κ3) is 8.64. The smallest absolute Gasteiger partial charge is 0.408 e. The minimum absolute atomic E-state index is 0.0967. The topological polar surface area (TPSA) is 87.7 Å². The maximum absolute atomic E-state index is 13.8. The highest BCUT2D eigenvalue weighted by Crippen LogP contribution is 2.29. The summed E-state index contributed by atoms with van der Waals surface area (Å²) in [6.45, 7) is 14.8. The number of amides is 3. The molecule has 0 bridgehead atoms. The quantitative estimate of drug-likeness (QED) is 0.396. The third-order valence-electron chi connectivity index (χ3n) is 5.61. The molecule has 0 aliphatic heterocycles. The molecule has 0 aliphatic carbocycles. The zero-order valence-electron chi connectivity index (χ0n) is 22.7. The fourth-order valence-corrected chi connectivity index (χ4v) is 4.17. The summed E-state index contributed by atoms with van der Waals surface area (Å²) in [5, 5.41) is 5.99. The van der Waals surface area contributed by atoms with Crippen molar-refractivity contribution in [2.24, 2.45) is 5.92 Å². The van der Waals surface area contributed by atoms with E-state index in [4.69, 9.17) is 16.3 Å². The molecule has 2 aromatic carbocycles. The first-order chi connectivity index (χ1) is 17.2. The van der Waals surface area contributed by atoms with Crippen molar-refractivity contribution in [3.05, 3.63) is 70.8 Å². The van der Waals surface area contributed by atoms with Crippen LogP contribution >= 0.6 is 11.6 Å². The number of rotatable bonds is 9. The van der Waals surface area contributed by atoms with Crippen molar-refractivity contribution in [3.8, 4) is 0 Å². The molecule has 0 aromatic heterocycles. The van der Waals surface area contributed by atoms with Gasteiger partial charge in [-0.2, -0.15) is 0 Å². The number of nitrogens with one attached hydrogen (secondary N) is 2. The van der Waals surface area contributed by atoms with Gasteiger partial charge in [-0.3, -0.25) is 9.59 Å². The first-order valence-electron chi connectivity index (χ1n) is 12.3. The van der Waals surface area contributed by atoms with Gasteiger partial charge in [0, 0.05) is 7.05 Å². The number of aryl methyl sites for hydroxylation is 1. The first kappa shape index (κ1) is 29.9. The normalized spacial score (nSPS) is 12.9. The summed E-state index contributed by atoms with van der Waals surface area (Å²) in [5.41, 5.74) is 1.94. The van der Waals surface area contributed by atoms with E-state index in [1.165, 1.54) is 4.90 Å². The zero-order valence-corrected chi connectivity index (χ0v) is 23.5. The van der Waals surface area contributed by atoms with Gasteiger partial charge < -0.3 is 20.3 Å². The van der Waals surface area contributed by atoms with Crippen LogP contribution in [0.2, 0.25) is 5.02 Å². The van der Waals surface area contributed by atoms with Crippen molar-refractivity contribution in [2.75, 3.05) is 12.4 Å². The summed E-state index contributed by atoms with van der Waals surface area (Å²) < 4.78 is 5.38. The predicted molar refractivity (Wildman–Crippen MR) is 149 cm³/mol. The average Bonchev–Trinajstić information content (AvgIpc) is 2.79. The molecule has 0 spiro atoms. The molecule has 2 N–H and O–H groups in total. The number of halogens is 1. The molecule has 0 heterocycles. The van der Waals surface area contributed by atoms with Gasteiger partial charge in [0.1, 0.15) is 17.7 Å². The molecule has 8 heteroatoms. The second-order valence-electron chi connectivity index (χ2n) is 10.5. The highest BCUT2D eigenvalue weighted by atomic mass is 35.5. The molecular formula is C29H38ClN3O4. The van der Waals surface area contributed by atoms with E-state index in [0.717, 1.165) is 11.1 Å². The van der Waals surface area contributed by atoms with Crippen molar-refractivity contribution >= 4 is 41.3 Å². The van der Waals surface area contributed by atoms with E-state index < -0.39 is 35.6 Å². The molecule has 200 valence electrons. The molecule has 2 unspecified atom stereocenters. The number of likely N-dealkylation sites (N-methyl/N-ethyl adjacent to an activating group) is 1. The largest absolute Gasteiger partial charge is 0.444 e. The second-order valence-corrected chi connectivity index (χ2v) is 10.9. The van der Waals surface area contributed by atoms with E-state index in [1.807, 2.05) is 32.9 Å². The Morgan fingerprint density at radius 3 is 2.35 bits per heavy atom. The number of hydrogen-bond acceptors (Lipinski definition) is 4. The minimum Gasteiger partial charge on any atom is -0.444 e. The Morgan fingerprint density at radius 2 is 1.78 bits per heavy atom. The number of benzene rings is 2. The third-order valence-corrected chi connectivity index (χ3v) is 5.93. The van der Waals surface area contributed by atoms with Crippen molar-refractivity contribution in [1.82, 2.24) is 10.2 Å². The van der Waals surface area contributed by atoms with Gasteiger partial charge in [0.2, 0.25) is 5.91 Å². The molecule has 2 atom stereocenters. The highest BCUT2D eigenvalue weighted by molar-refractivity contribution is 6.34. The molecule has 0 fully saturated rings. The number of para-hydroxylation sites is 1. The molecular weight excluding hydrogens is 490 g/mol. The SMILES string of the molecule is C=Cc1cccc(C(C(=O)Nc2c(C)cccc2Cl)N(C)C(=O)C(CC(C)C)NC(=O)OC(C)(C)C)c1. The lowest BCUT2D eigenvalue weighted by molar-refractivity contribution is -0.139. The Morgan fingerprint density at radius 1 is 1.14 bits per heavy atom. The molecule has 0 saturated carbocycles. The fraction of sp³-hybridized carbons (Fsp3) is 0.414. The van der Waals surface area contributed by atoms with Crippen LogP contribution < -0.4 is 10.6 Å². The van der Waals surface area contributed by atoms with Gasteiger partial charge in [0.25, 0.3) is 5.91 Å². The predicted octanol–water partition coefficient (Wildman–Crippen LogP) is 6.37. The van der Waals surface area contributed by atoms with Crippen molar-refractivity contribution < 1.29 is 19.1 Å². The Kier molecular flexibility index (Phi) is 10.3. The van der Waals surface area contributed by atoms with Crippen LogP contribution in [0.4, 0.5) is 10.5 Å². The van der Waals surface area contributed by atoms with Crippen molar-refractivity contribution in [1.29, 1.82) is 0 Å². The highest BCUT2D eigenvalue weighted by Gasteiger charge is 2.35. The summed E-state index contributed by atoms with van der Waals surface area (Å²) in [4.78, 5) is 41.4. The Labute approximate surface area is 225 Å². The maximum atomic E-state index is 13.8. The van der Waals surface area contributed by atoms with Gasteiger partial charge in [-0.25, -0.2) is 4.79 Å². The van der Waals surface area contributed by atoms with Gasteiger partial charge in [0.05, 0.1) is 10.7 Å². The van der Waals surface area contributed by atoms with E-state index in [1.54, 1.807) is 64.2 Å². The van der Waals surface area contributed by atoms with Crippen molar-refractivity contribution in [3.63, 3.8) is 0 Å². The maximum Gasteiger partial charge on any atom is 0.408 e. The van der Waals surface area contributed by atoms with Crippen LogP contribution in [-0.4, -0.2) is 41.5 Å². The average molecular weight is 528 g/mol. The van der Waals surface area contributed by atoms with E-state index in [0.29, 0.717) is 22.7 Å². The van der Waals surface area contributed by atoms with Gasteiger partial charge in [0.15, 0.2) is 0 Å². The molecule has 3 amide bonds. The van der Waals surface area contributed by atoms with E-state index in [-0.39, 0.29) is 5.92 Å².